The Balaban J connectivity index is 1.96. The molecule has 0 spiro atoms. The Morgan fingerprint density at radius 3 is 2.75 bits per heavy atom. The Bertz CT molecular complexity index is 607. The lowest BCUT2D eigenvalue weighted by molar-refractivity contribution is 0.558. The first-order valence-corrected chi connectivity index (χ1v) is 8.11. The Hall–Kier alpha value is -1.03. The topological polar surface area (TPSA) is 35.6 Å². The molecule has 1 fully saturated rings. The predicted octanol–water partition coefficient (Wildman–Crippen LogP) is 3.82. The largest absolute Gasteiger partial charge is 0.312 e. The third-order valence-electron chi connectivity index (χ3n) is 4.20. The second kappa shape index (κ2) is 5.40. The highest BCUT2D eigenvalue weighted by Gasteiger charge is 2.23. The third kappa shape index (κ3) is 2.46. The molecule has 2 heterocycles. The summed E-state index contributed by atoms with van der Waals surface area (Å²) in [6.45, 7) is 5.12. The van der Waals surface area contributed by atoms with Gasteiger partial charge in [-0.25, -0.2) is 4.98 Å². The van der Waals surface area contributed by atoms with Crippen molar-refractivity contribution >= 4 is 22.8 Å². The van der Waals surface area contributed by atoms with E-state index in [4.69, 9.17) is 16.6 Å². The van der Waals surface area contributed by atoms with Crippen LogP contribution in [0.15, 0.2) is 0 Å². The van der Waals surface area contributed by atoms with Gasteiger partial charge in [0.25, 0.3) is 0 Å². The lowest BCUT2D eigenvalue weighted by Gasteiger charge is -2.10. The third-order valence-corrected chi connectivity index (χ3v) is 4.40. The molecule has 3 rings (SSSR count). The molecule has 0 N–H and O–H groups in total. The zero-order chi connectivity index (χ0) is 14.3. The van der Waals surface area contributed by atoms with Gasteiger partial charge < -0.3 is 4.57 Å². The Morgan fingerprint density at radius 2 is 2.15 bits per heavy atom. The van der Waals surface area contributed by atoms with Crippen molar-refractivity contribution in [3.05, 3.63) is 11.5 Å². The highest BCUT2D eigenvalue weighted by molar-refractivity contribution is 6.20. The molecule has 4 nitrogen and oxygen atoms in total. The van der Waals surface area contributed by atoms with Crippen molar-refractivity contribution in [3.63, 3.8) is 0 Å². The number of rotatable bonds is 6. The second-order valence-electron chi connectivity index (χ2n) is 5.92. The molecule has 1 atom stereocenters. The van der Waals surface area contributed by atoms with Crippen molar-refractivity contribution in [3.8, 4) is 0 Å². The van der Waals surface area contributed by atoms with Gasteiger partial charge in [-0.05, 0) is 32.1 Å². The van der Waals surface area contributed by atoms with E-state index >= 15 is 0 Å². The summed E-state index contributed by atoms with van der Waals surface area (Å²) in [5, 5.41) is 4.51. The molecule has 5 heteroatoms. The number of halogens is 1. The number of hydrogen-bond acceptors (Lipinski definition) is 2. The molecule has 0 bridgehead atoms. The summed E-state index contributed by atoms with van der Waals surface area (Å²) in [5.74, 6) is 1.96. The summed E-state index contributed by atoms with van der Waals surface area (Å²) < 4.78 is 4.24. The molecule has 0 radical (unpaired) electrons. The van der Waals surface area contributed by atoms with E-state index in [9.17, 15) is 0 Å². The van der Waals surface area contributed by atoms with E-state index in [0.29, 0.717) is 0 Å². The second-order valence-corrected chi connectivity index (χ2v) is 6.57. The minimum absolute atomic E-state index is 0.0620. The number of nitrogens with zero attached hydrogens (tertiary/aromatic N) is 4. The molecule has 110 valence electrons. The average Bonchev–Trinajstić information content (AvgIpc) is 3.06. The lowest BCUT2D eigenvalue weighted by Crippen LogP contribution is -2.08. The number of hydrogen-bond donors (Lipinski definition) is 0. The highest BCUT2D eigenvalue weighted by atomic mass is 35.5. The van der Waals surface area contributed by atoms with Gasteiger partial charge in [0.05, 0.1) is 11.1 Å². The molecule has 1 unspecified atom stereocenters. The molecule has 0 amide bonds. The number of alkyl halides is 1. The maximum absolute atomic E-state index is 6.33. The van der Waals surface area contributed by atoms with Gasteiger partial charge in [-0.15, -0.1) is 11.6 Å². The van der Waals surface area contributed by atoms with E-state index in [1.807, 2.05) is 18.7 Å². The summed E-state index contributed by atoms with van der Waals surface area (Å²) in [7, 11) is 2.00. The van der Waals surface area contributed by atoms with Gasteiger partial charge in [-0.1, -0.05) is 19.8 Å². The number of imidazole rings is 1. The number of aromatic nitrogens is 4. The predicted molar refractivity (Wildman–Crippen MR) is 82.1 cm³/mol. The van der Waals surface area contributed by atoms with Gasteiger partial charge in [0.15, 0.2) is 5.65 Å². The fourth-order valence-corrected chi connectivity index (χ4v) is 3.13. The summed E-state index contributed by atoms with van der Waals surface area (Å²) in [4.78, 5) is 4.76. The van der Waals surface area contributed by atoms with Crippen LogP contribution in [-0.4, -0.2) is 19.3 Å². The zero-order valence-corrected chi connectivity index (χ0v) is 13.3. The first kappa shape index (κ1) is 13.9. The molecule has 2 aromatic heterocycles. The van der Waals surface area contributed by atoms with Crippen LogP contribution in [-0.2, 0) is 20.0 Å². The van der Waals surface area contributed by atoms with E-state index in [2.05, 4.69) is 16.6 Å². The number of aryl methyl sites for hydroxylation is 3. The van der Waals surface area contributed by atoms with Crippen LogP contribution in [0.4, 0.5) is 0 Å². The molecule has 1 aliphatic carbocycles. The SMILES string of the molecule is CCc1nn(C)c2c1nc(C(C)Cl)n2CCCC1CC1. The molecular formula is C15H23ClN4. The minimum Gasteiger partial charge on any atom is -0.312 e. The lowest BCUT2D eigenvalue weighted by atomic mass is 10.2. The Kier molecular flexibility index (Phi) is 3.76. The summed E-state index contributed by atoms with van der Waals surface area (Å²) >= 11 is 6.33. The van der Waals surface area contributed by atoms with Crippen LogP contribution in [0.25, 0.3) is 11.2 Å². The summed E-state index contributed by atoms with van der Waals surface area (Å²) in [6.07, 6.45) is 6.29. The van der Waals surface area contributed by atoms with Gasteiger partial charge in [0, 0.05) is 13.6 Å². The van der Waals surface area contributed by atoms with Gasteiger partial charge >= 0.3 is 0 Å². The average molecular weight is 295 g/mol. The molecule has 0 aliphatic heterocycles. The maximum atomic E-state index is 6.33. The number of fused-ring (bicyclic) bond motifs is 1. The fraction of sp³-hybridized carbons (Fsp3) is 0.733. The van der Waals surface area contributed by atoms with Crippen molar-refractivity contribution in [2.45, 2.75) is 57.9 Å². The van der Waals surface area contributed by atoms with Crippen LogP contribution in [0.5, 0.6) is 0 Å². The van der Waals surface area contributed by atoms with Gasteiger partial charge in [0.1, 0.15) is 11.3 Å². The van der Waals surface area contributed by atoms with Gasteiger partial charge in [0.2, 0.25) is 0 Å². The van der Waals surface area contributed by atoms with E-state index in [1.54, 1.807) is 0 Å². The zero-order valence-electron chi connectivity index (χ0n) is 12.6. The first-order valence-electron chi connectivity index (χ1n) is 7.67. The first-order chi connectivity index (χ1) is 9.61. The van der Waals surface area contributed by atoms with Crippen molar-refractivity contribution in [2.75, 3.05) is 0 Å². The maximum Gasteiger partial charge on any atom is 0.158 e. The van der Waals surface area contributed by atoms with E-state index in [-0.39, 0.29) is 5.38 Å². The Labute approximate surface area is 125 Å². The fourth-order valence-electron chi connectivity index (χ4n) is 2.97. The van der Waals surface area contributed by atoms with Crippen LogP contribution in [0.1, 0.15) is 56.4 Å². The van der Waals surface area contributed by atoms with E-state index in [0.717, 1.165) is 41.6 Å². The van der Waals surface area contributed by atoms with Crippen LogP contribution < -0.4 is 0 Å². The monoisotopic (exact) mass is 294 g/mol. The normalized spacial score (nSPS) is 17.0. The quantitative estimate of drug-likeness (QED) is 0.759. The van der Waals surface area contributed by atoms with Crippen LogP contribution >= 0.6 is 11.6 Å². The van der Waals surface area contributed by atoms with Crippen LogP contribution in [0, 0.1) is 5.92 Å². The molecular weight excluding hydrogens is 272 g/mol. The van der Waals surface area contributed by atoms with Crippen molar-refractivity contribution in [2.24, 2.45) is 13.0 Å². The molecule has 0 aromatic carbocycles. The summed E-state index contributed by atoms with van der Waals surface area (Å²) in [6, 6.07) is 0. The van der Waals surface area contributed by atoms with Crippen molar-refractivity contribution < 1.29 is 0 Å². The Morgan fingerprint density at radius 1 is 1.40 bits per heavy atom. The van der Waals surface area contributed by atoms with Crippen molar-refractivity contribution in [1.29, 1.82) is 0 Å². The molecule has 1 aliphatic rings. The summed E-state index contributed by atoms with van der Waals surface area (Å²) in [5.41, 5.74) is 3.23. The van der Waals surface area contributed by atoms with E-state index in [1.165, 1.54) is 25.7 Å². The standard InChI is InChI=1S/C15H23ClN4/c1-4-12-13-15(19(3)18-12)20(14(17-13)10(2)16)9-5-6-11-7-8-11/h10-11H,4-9H2,1-3H3. The van der Waals surface area contributed by atoms with Crippen molar-refractivity contribution in [1.82, 2.24) is 19.3 Å². The van der Waals surface area contributed by atoms with Crippen LogP contribution in [0.2, 0.25) is 0 Å². The van der Waals surface area contributed by atoms with Gasteiger partial charge in [-0.2, -0.15) is 5.10 Å². The van der Waals surface area contributed by atoms with Crippen LogP contribution in [0.3, 0.4) is 0 Å². The highest BCUT2D eigenvalue weighted by Crippen LogP contribution is 2.34. The van der Waals surface area contributed by atoms with E-state index < -0.39 is 0 Å². The smallest absolute Gasteiger partial charge is 0.158 e. The molecule has 0 saturated heterocycles. The molecule has 20 heavy (non-hydrogen) atoms. The minimum atomic E-state index is -0.0620. The molecule has 1 saturated carbocycles. The molecule has 2 aromatic rings. The van der Waals surface area contributed by atoms with Gasteiger partial charge in [-0.3, -0.25) is 4.68 Å².